The van der Waals surface area contributed by atoms with Crippen LogP contribution in [0.2, 0.25) is 0 Å². The quantitative estimate of drug-likeness (QED) is 0.797. The van der Waals surface area contributed by atoms with Crippen LogP contribution in [0.5, 0.6) is 0 Å². The molecule has 0 amide bonds. The normalized spacial score (nSPS) is 15.9. The van der Waals surface area contributed by atoms with E-state index in [-0.39, 0.29) is 5.82 Å². The molecule has 0 bridgehead atoms. The lowest BCUT2D eigenvalue weighted by molar-refractivity contribution is 0.629. The molecule has 1 aromatic carbocycles. The number of rotatable bonds is 3. The smallest absolute Gasteiger partial charge is 0.123 e. The Labute approximate surface area is 106 Å². The number of hydrogen-bond donors (Lipinski definition) is 2. The standard InChI is InChI=1S/C15H17FN2/c16-13-3-4-15-14(9-13)12(10-18-15)2-1-11-5-7-17-8-6-11/h3-5,9-10,17-18H,1-2,6-8H2. The lowest BCUT2D eigenvalue weighted by atomic mass is 10.00. The topological polar surface area (TPSA) is 27.8 Å². The first-order chi connectivity index (χ1) is 8.83. The molecule has 0 saturated carbocycles. The van der Waals surface area contributed by atoms with Gasteiger partial charge in [-0.05, 0) is 49.6 Å². The SMILES string of the molecule is Fc1ccc2[nH]cc(CCC3=CCNCC3)c2c1. The van der Waals surface area contributed by atoms with Crippen LogP contribution in [-0.4, -0.2) is 18.1 Å². The predicted octanol–water partition coefficient (Wildman–Crippen LogP) is 3.16. The Balaban J connectivity index is 1.78. The molecule has 0 saturated heterocycles. The van der Waals surface area contributed by atoms with Gasteiger partial charge < -0.3 is 10.3 Å². The van der Waals surface area contributed by atoms with Crippen molar-refractivity contribution in [3.05, 3.63) is 47.4 Å². The highest BCUT2D eigenvalue weighted by Crippen LogP contribution is 2.22. The number of aryl methyl sites for hydroxylation is 1. The Kier molecular flexibility index (Phi) is 3.15. The molecule has 2 nitrogen and oxygen atoms in total. The highest BCUT2D eigenvalue weighted by molar-refractivity contribution is 5.83. The monoisotopic (exact) mass is 244 g/mol. The van der Waals surface area contributed by atoms with E-state index in [1.54, 1.807) is 12.1 Å². The van der Waals surface area contributed by atoms with Crippen molar-refractivity contribution in [2.24, 2.45) is 0 Å². The summed E-state index contributed by atoms with van der Waals surface area (Å²) in [5.41, 5.74) is 3.74. The minimum absolute atomic E-state index is 0.163. The van der Waals surface area contributed by atoms with Crippen LogP contribution in [0.15, 0.2) is 36.0 Å². The molecule has 0 radical (unpaired) electrons. The molecule has 18 heavy (non-hydrogen) atoms. The van der Waals surface area contributed by atoms with Gasteiger partial charge in [-0.3, -0.25) is 0 Å². The van der Waals surface area contributed by atoms with Crippen molar-refractivity contribution in [2.75, 3.05) is 13.1 Å². The van der Waals surface area contributed by atoms with Gasteiger partial charge in [-0.1, -0.05) is 11.6 Å². The summed E-state index contributed by atoms with van der Waals surface area (Å²) in [7, 11) is 0. The van der Waals surface area contributed by atoms with Gasteiger partial charge in [0.15, 0.2) is 0 Å². The number of aromatic nitrogens is 1. The zero-order chi connectivity index (χ0) is 12.4. The van der Waals surface area contributed by atoms with E-state index >= 15 is 0 Å². The number of halogens is 1. The second kappa shape index (κ2) is 4.94. The van der Waals surface area contributed by atoms with E-state index in [1.807, 2.05) is 6.20 Å². The first kappa shape index (κ1) is 11.5. The van der Waals surface area contributed by atoms with E-state index in [1.165, 1.54) is 17.2 Å². The molecule has 0 fully saturated rings. The van der Waals surface area contributed by atoms with Gasteiger partial charge in [0.05, 0.1) is 0 Å². The van der Waals surface area contributed by atoms with Crippen LogP contribution in [0, 0.1) is 5.82 Å². The summed E-state index contributed by atoms with van der Waals surface area (Å²) in [5, 5.41) is 4.33. The lowest BCUT2D eigenvalue weighted by Crippen LogP contribution is -2.20. The lowest BCUT2D eigenvalue weighted by Gasteiger charge is -2.13. The van der Waals surface area contributed by atoms with E-state index in [0.717, 1.165) is 43.3 Å². The van der Waals surface area contributed by atoms with Gasteiger partial charge in [0.2, 0.25) is 0 Å². The minimum Gasteiger partial charge on any atom is -0.361 e. The molecular weight excluding hydrogens is 227 g/mol. The maximum atomic E-state index is 13.3. The molecule has 3 rings (SSSR count). The second-order valence-electron chi connectivity index (χ2n) is 4.82. The van der Waals surface area contributed by atoms with Crippen LogP contribution < -0.4 is 5.32 Å². The molecule has 0 unspecified atom stereocenters. The van der Waals surface area contributed by atoms with Gasteiger partial charge >= 0.3 is 0 Å². The highest BCUT2D eigenvalue weighted by Gasteiger charge is 2.07. The molecule has 1 aromatic heterocycles. The fraction of sp³-hybridized carbons (Fsp3) is 0.333. The van der Waals surface area contributed by atoms with Crippen molar-refractivity contribution in [2.45, 2.75) is 19.3 Å². The Morgan fingerprint density at radius 3 is 3.00 bits per heavy atom. The molecule has 1 aliphatic rings. The minimum atomic E-state index is -0.163. The third-order valence-electron chi connectivity index (χ3n) is 3.60. The molecular formula is C15H17FN2. The fourth-order valence-corrected chi connectivity index (χ4v) is 2.55. The molecule has 2 heterocycles. The van der Waals surface area contributed by atoms with Gasteiger partial charge in [0.25, 0.3) is 0 Å². The number of nitrogens with one attached hydrogen (secondary N) is 2. The molecule has 0 spiro atoms. The molecule has 2 aromatic rings. The largest absolute Gasteiger partial charge is 0.361 e. The van der Waals surface area contributed by atoms with E-state index in [9.17, 15) is 4.39 Å². The van der Waals surface area contributed by atoms with Crippen LogP contribution in [0.1, 0.15) is 18.4 Å². The van der Waals surface area contributed by atoms with Gasteiger partial charge in [-0.25, -0.2) is 4.39 Å². The van der Waals surface area contributed by atoms with Crippen LogP contribution in [0.4, 0.5) is 4.39 Å². The van der Waals surface area contributed by atoms with Crippen molar-refractivity contribution >= 4 is 10.9 Å². The van der Waals surface area contributed by atoms with Crippen molar-refractivity contribution in [1.29, 1.82) is 0 Å². The van der Waals surface area contributed by atoms with E-state index in [4.69, 9.17) is 0 Å². The maximum absolute atomic E-state index is 13.3. The van der Waals surface area contributed by atoms with Crippen LogP contribution in [-0.2, 0) is 6.42 Å². The summed E-state index contributed by atoms with van der Waals surface area (Å²) in [4.78, 5) is 3.20. The van der Waals surface area contributed by atoms with Crippen molar-refractivity contribution in [3.8, 4) is 0 Å². The fourth-order valence-electron chi connectivity index (χ4n) is 2.55. The first-order valence-corrected chi connectivity index (χ1v) is 6.47. The third-order valence-corrected chi connectivity index (χ3v) is 3.60. The number of benzene rings is 1. The first-order valence-electron chi connectivity index (χ1n) is 6.47. The van der Waals surface area contributed by atoms with Gasteiger partial charge in [0, 0.05) is 23.6 Å². The van der Waals surface area contributed by atoms with Crippen molar-refractivity contribution in [1.82, 2.24) is 10.3 Å². The van der Waals surface area contributed by atoms with Crippen LogP contribution in [0.25, 0.3) is 10.9 Å². The van der Waals surface area contributed by atoms with Gasteiger partial charge in [-0.15, -0.1) is 0 Å². The van der Waals surface area contributed by atoms with E-state index in [0.29, 0.717) is 0 Å². The summed E-state index contributed by atoms with van der Waals surface area (Å²) >= 11 is 0. The second-order valence-corrected chi connectivity index (χ2v) is 4.82. The van der Waals surface area contributed by atoms with Crippen LogP contribution in [0.3, 0.4) is 0 Å². The van der Waals surface area contributed by atoms with Crippen molar-refractivity contribution < 1.29 is 4.39 Å². The summed E-state index contributed by atoms with van der Waals surface area (Å²) in [6.45, 7) is 2.06. The van der Waals surface area contributed by atoms with Crippen LogP contribution >= 0.6 is 0 Å². The number of fused-ring (bicyclic) bond motifs is 1. The number of aromatic amines is 1. The summed E-state index contributed by atoms with van der Waals surface area (Å²) in [5.74, 6) is -0.163. The Morgan fingerprint density at radius 1 is 1.22 bits per heavy atom. The van der Waals surface area contributed by atoms with Gasteiger partial charge in [0.1, 0.15) is 5.82 Å². The highest BCUT2D eigenvalue weighted by atomic mass is 19.1. The average Bonchev–Trinajstić information content (AvgIpc) is 2.80. The molecule has 2 N–H and O–H groups in total. The Hall–Kier alpha value is -1.61. The summed E-state index contributed by atoms with van der Waals surface area (Å²) < 4.78 is 13.3. The molecule has 94 valence electrons. The van der Waals surface area contributed by atoms with E-state index < -0.39 is 0 Å². The zero-order valence-corrected chi connectivity index (χ0v) is 10.3. The summed E-state index contributed by atoms with van der Waals surface area (Å²) in [6.07, 6.45) is 7.47. The number of hydrogen-bond acceptors (Lipinski definition) is 1. The van der Waals surface area contributed by atoms with Gasteiger partial charge in [-0.2, -0.15) is 0 Å². The Morgan fingerprint density at radius 2 is 2.17 bits per heavy atom. The zero-order valence-electron chi connectivity index (χ0n) is 10.3. The molecule has 1 aliphatic heterocycles. The Bertz CT molecular complexity index is 583. The predicted molar refractivity (Wildman–Crippen MR) is 72.1 cm³/mol. The summed E-state index contributed by atoms with van der Waals surface area (Å²) in [6, 6.07) is 4.92. The maximum Gasteiger partial charge on any atom is 0.123 e. The molecule has 3 heteroatoms. The molecule has 0 atom stereocenters. The number of H-pyrrole nitrogens is 1. The van der Waals surface area contributed by atoms with Crippen molar-refractivity contribution in [3.63, 3.8) is 0 Å². The third kappa shape index (κ3) is 2.31. The molecule has 0 aliphatic carbocycles. The average molecular weight is 244 g/mol. The van der Waals surface area contributed by atoms with E-state index in [2.05, 4.69) is 16.4 Å².